The molecule has 0 bridgehead atoms. The van der Waals surface area contributed by atoms with E-state index in [0.717, 1.165) is 26.2 Å². The number of nitrogens with one attached hydrogen (secondary N) is 1. The molecule has 1 rings (SSSR count). The van der Waals surface area contributed by atoms with Gasteiger partial charge in [0.15, 0.2) is 0 Å². The van der Waals surface area contributed by atoms with Crippen LogP contribution in [0.5, 0.6) is 0 Å². The van der Waals surface area contributed by atoms with Crippen molar-refractivity contribution in [3.63, 3.8) is 0 Å². The molecule has 0 saturated carbocycles. The van der Waals surface area contributed by atoms with Gasteiger partial charge < -0.3 is 30.8 Å². The number of β-amino-alcohol motifs (C(OH)–C–C–N with tert-alkyl or cyclic N) is 1. The van der Waals surface area contributed by atoms with Gasteiger partial charge in [-0.3, -0.25) is 4.90 Å². The molecule has 6 N–H and O–H groups in total. The van der Waals surface area contributed by atoms with E-state index in [1.165, 1.54) is 0 Å². The maximum Gasteiger partial charge on any atom is 0.111 e. The summed E-state index contributed by atoms with van der Waals surface area (Å²) in [6, 6.07) is 0. The Morgan fingerprint density at radius 1 is 0.941 bits per heavy atom. The van der Waals surface area contributed by atoms with Gasteiger partial charge in [-0.25, -0.2) is 0 Å². The van der Waals surface area contributed by atoms with E-state index in [1.807, 2.05) is 4.90 Å². The lowest BCUT2D eigenvalue weighted by Gasteiger charge is -2.32. The molecular weight excluding hydrogens is 228 g/mol. The summed E-state index contributed by atoms with van der Waals surface area (Å²) in [5.74, 6) is 0. The molecule has 1 saturated heterocycles. The lowest BCUT2D eigenvalue weighted by molar-refractivity contribution is -0.119. The SMILES string of the molecule is OCC(O)C(O)C(O)C(O)CN1CCNCC1. The van der Waals surface area contributed by atoms with Crippen molar-refractivity contribution in [1.29, 1.82) is 0 Å². The predicted octanol–water partition coefficient (Wildman–Crippen LogP) is -3.67. The Hall–Kier alpha value is -0.280. The number of piperazine rings is 1. The molecule has 0 aromatic rings. The van der Waals surface area contributed by atoms with Crippen LogP contribution in [0.2, 0.25) is 0 Å². The molecule has 4 atom stereocenters. The van der Waals surface area contributed by atoms with E-state index in [1.54, 1.807) is 0 Å². The lowest BCUT2D eigenvalue weighted by Crippen LogP contribution is -2.52. The highest BCUT2D eigenvalue weighted by Gasteiger charge is 2.31. The minimum Gasteiger partial charge on any atom is -0.394 e. The Balaban J connectivity index is 2.37. The fraction of sp³-hybridized carbons (Fsp3) is 1.00. The summed E-state index contributed by atoms with van der Waals surface area (Å²) in [6.45, 7) is 2.76. The van der Waals surface area contributed by atoms with Gasteiger partial charge >= 0.3 is 0 Å². The van der Waals surface area contributed by atoms with E-state index in [9.17, 15) is 15.3 Å². The molecule has 1 aliphatic rings. The molecule has 7 nitrogen and oxygen atoms in total. The molecule has 0 aromatic carbocycles. The topological polar surface area (TPSA) is 116 Å². The lowest BCUT2D eigenvalue weighted by atomic mass is 10.0. The van der Waals surface area contributed by atoms with Gasteiger partial charge in [0.25, 0.3) is 0 Å². The van der Waals surface area contributed by atoms with Gasteiger partial charge in [-0.05, 0) is 0 Å². The van der Waals surface area contributed by atoms with Crippen molar-refractivity contribution < 1.29 is 25.5 Å². The molecule has 0 spiro atoms. The second kappa shape index (κ2) is 7.22. The minimum atomic E-state index is -1.54. The summed E-state index contributed by atoms with van der Waals surface area (Å²) >= 11 is 0. The van der Waals surface area contributed by atoms with E-state index in [-0.39, 0.29) is 6.54 Å². The third-order valence-electron chi connectivity index (χ3n) is 2.98. The molecule has 1 heterocycles. The maximum absolute atomic E-state index is 9.72. The molecule has 102 valence electrons. The van der Waals surface area contributed by atoms with Crippen LogP contribution < -0.4 is 5.32 Å². The molecule has 0 radical (unpaired) electrons. The van der Waals surface area contributed by atoms with Crippen LogP contribution >= 0.6 is 0 Å². The summed E-state index contributed by atoms with van der Waals surface area (Å²) in [7, 11) is 0. The Morgan fingerprint density at radius 2 is 1.47 bits per heavy atom. The second-order valence-electron chi connectivity index (χ2n) is 4.35. The van der Waals surface area contributed by atoms with E-state index in [2.05, 4.69) is 5.32 Å². The average Bonchev–Trinajstić information content (AvgIpc) is 2.37. The van der Waals surface area contributed by atoms with Crippen LogP contribution in [0.3, 0.4) is 0 Å². The standard InChI is InChI=1S/C10H22N2O5/c13-6-8(15)10(17)9(16)7(14)5-12-3-1-11-2-4-12/h7-11,13-17H,1-6H2. The molecule has 1 aliphatic heterocycles. The molecular formula is C10H22N2O5. The molecule has 0 amide bonds. The first kappa shape index (κ1) is 14.8. The molecule has 1 fully saturated rings. The van der Waals surface area contributed by atoms with Crippen molar-refractivity contribution in [2.45, 2.75) is 24.4 Å². The zero-order valence-corrected chi connectivity index (χ0v) is 9.74. The van der Waals surface area contributed by atoms with Gasteiger partial charge in [0.1, 0.15) is 18.3 Å². The van der Waals surface area contributed by atoms with E-state index < -0.39 is 31.0 Å². The molecule has 0 aliphatic carbocycles. The van der Waals surface area contributed by atoms with Gasteiger partial charge in [-0.1, -0.05) is 0 Å². The highest BCUT2D eigenvalue weighted by atomic mass is 16.4. The first-order chi connectivity index (χ1) is 8.06. The number of aliphatic hydroxyl groups is 5. The highest BCUT2D eigenvalue weighted by molar-refractivity contribution is 4.83. The van der Waals surface area contributed by atoms with Crippen molar-refractivity contribution >= 4 is 0 Å². The normalized spacial score (nSPS) is 25.2. The Kier molecular flexibility index (Phi) is 6.28. The van der Waals surface area contributed by atoms with Crippen LogP contribution in [0.15, 0.2) is 0 Å². The fourth-order valence-electron chi connectivity index (χ4n) is 1.83. The minimum absolute atomic E-state index is 0.234. The Morgan fingerprint density at radius 3 is 2.00 bits per heavy atom. The largest absolute Gasteiger partial charge is 0.394 e. The smallest absolute Gasteiger partial charge is 0.111 e. The fourth-order valence-corrected chi connectivity index (χ4v) is 1.83. The summed E-state index contributed by atoms with van der Waals surface area (Å²) in [4.78, 5) is 1.96. The Bertz CT molecular complexity index is 213. The zero-order chi connectivity index (χ0) is 12.8. The first-order valence-electron chi connectivity index (χ1n) is 5.82. The highest BCUT2D eigenvalue weighted by Crippen LogP contribution is 2.07. The molecule has 17 heavy (non-hydrogen) atoms. The predicted molar refractivity (Wildman–Crippen MR) is 60.4 cm³/mol. The number of hydrogen-bond acceptors (Lipinski definition) is 7. The van der Waals surface area contributed by atoms with E-state index in [4.69, 9.17) is 10.2 Å². The van der Waals surface area contributed by atoms with Gasteiger partial charge in [0.2, 0.25) is 0 Å². The van der Waals surface area contributed by atoms with Crippen LogP contribution in [0, 0.1) is 0 Å². The van der Waals surface area contributed by atoms with Crippen LogP contribution in [0.1, 0.15) is 0 Å². The van der Waals surface area contributed by atoms with Crippen LogP contribution in [-0.4, -0.2) is 94.2 Å². The van der Waals surface area contributed by atoms with E-state index >= 15 is 0 Å². The Labute approximate surface area is 100 Å². The third kappa shape index (κ3) is 4.47. The summed E-state index contributed by atoms with van der Waals surface area (Å²) < 4.78 is 0. The average molecular weight is 250 g/mol. The maximum atomic E-state index is 9.72. The molecule has 7 heteroatoms. The molecule has 4 unspecified atom stereocenters. The van der Waals surface area contributed by atoms with Crippen molar-refractivity contribution in [2.24, 2.45) is 0 Å². The quantitative estimate of drug-likeness (QED) is 0.288. The van der Waals surface area contributed by atoms with Crippen molar-refractivity contribution in [2.75, 3.05) is 39.3 Å². The number of hydrogen-bond donors (Lipinski definition) is 6. The van der Waals surface area contributed by atoms with Crippen LogP contribution in [0.4, 0.5) is 0 Å². The van der Waals surface area contributed by atoms with Crippen LogP contribution in [0.25, 0.3) is 0 Å². The number of rotatable bonds is 6. The third-order valence-corrected chi connectivity index (χ3v) is 2.98. The molecule has 0 aromatic heterocycles. The van der Waals surface area contributed by atoms with Gasteiger partial charge in [-0.15, -0.1) is 0 Å². The van der Waals surface area contributed by atoms with Crippen molar-refractivity contribution in [3.8, 4) is 0 Å². The summed E-state index contributed by atoms with van der Waals surface area (Å²) in [5, 5.41) is 49.7. The van der Waals surface area contributed by atoms with E-state index in [0.29, 0.717) is 0 Å². The monoisotopic (exact) mass is 250 g/mol. The second-order valence-corrected chi connectivity index (χ2v) is 4.35. The van der Waals surface area contributed by atoms with Crippen LogP contribution in [-0.2, 0) is 0 Å². The van der Waals surface area contributed by atoms with Crippen molar-refractivity contribution in [3.05, 3.63) is 0 Å². The van der Waals surface area contributed by atoms with Gasteiger partial charge in [0, 0.05) is 32.7 Å². The summed E-state index contributed by atoms with van der Waals surface area (Å²) in [5.41, 5.74) is 0. The zero-order valence-electron chi connectivity index (χ0n) is 9.74. The number of aliphatic hydroxyl groups excluding tert-OH is 5. The van der Waals surface area contributed by atoms with Gasteiger partial charge in [0.05, 0.1) is 12.7 Å². The van der Waals surface area contributed by atoms with Crippen molar-refractivity contribution in [1.82, 2.24) is 10.2 Å². The van der Waals surface area contributed by atoms with Gasteiger partial charge in [-0.2, -0.15) is 0 Å². The first-order valence-corrected chi connectivity index (χ1v) is 5.82. The number of nitrogens with zero attached hydrogens (tertiary/aromatic N) is 1. The summed E-state index contributed by atoms with van der Waals surface area (Å²) in [6.07, 6.45) is -5.60.